The van der Waals surface area contributed by atoms with Gasteiger partial charge in [-0.15, -0.1) is 5.10 Å². The number of carboxylic acids is 1. The maximum Gasteiger partial charge on any atom is 0.407 e. The molecule has 1 heterocycles. The Labute approximate surface area is 200 Å². The lowest BCUT2D eigenvalue weighted by molar-refractivity contribution is -0.142. The molecular formula is C24H25N5O6. The summed E-state index contributed by atoms with van der Waals surface area (Å²) in [4.78, 5) is 35.4. The van der Waals surface area contributed by atoms with Crippen molar-refractivity contribution in [1.29, 1.82) is 0 Å². The summed E-state index contributed by atoms with van der Waals surface area (Å²) >= 11 is 0. The molecule has 4 N–H and O–H groups in total. The molecule has 0 saturated carbocycles. The van der Waals surface area contributed by atoms with Crippen LogP contribution in [0.5, 0.6) is 0 Å². The number of amides is 2. The topological polar surface area (TPSA) is 156 Å². The number of carboxylic acid groups (broad SMARTS) is 1. The van der Waals surface area contributed by atoms with Crippen molar-refractivity contribution in [2.45, 2.75) is 31.5 Å². The van der Waals surface area contributed by atoms with Crippen LogP contribution in [0.3, 0.4) is 0 Å². The van der Waals surface area contributed by atoms with E-state index < -0.39 is 24.0 Å². The minimum absolute atomic E-state index is 0.0422. The summed E-state index contributed by atoms with van der Waals surface area (Å²) in [6.07, 6.45) is 0.756. The highest BCUT2D eigenvalue weighted by Gasteiger charge is 2.29. The van der Waals surface area contributed by atoms with E-state index in [4.69, 9.17) is 14.9 Å². The highest BCUT2D eigenvalue weighted by atomic mass is 16.5. The lowest BCUT2D eigenvalue weighted by Gasteiger charge is -2.14. The fraction of sp³-hybridized carbons (Fsp3) is 0.292. The molecule has 0 radical (unpaired) electrons. The Hall–Kier alpha value is -4.25. The number of aliphatic hydroxyl groups is 1. The van der Waals surface area contributed by atoms with E-state index in [1.54, 1.807) is 0 Å². The molecule has 0 unspecified atom stereocenters. The average molecular weight is 479 g/mol. The van der Waals surface area contributed by atoms with Crippen LogP contribution in [0.4, 0.5) is 4.79 Å². The number of rotatable bonds is 10. The van der Waals surface area contributed by atoms with Gasteiger partial charge in [0.2, 0.25) is 5.91 Å². The van der Waals surface area contributed by atoms with Crippen LogP contribution in [0, 0.1) is 0 Å². The molecule has 1 aromatic heterocycles. The third kappa shape index (κ3) is 5.64. The predicted octanol–water partition coefficient (Wildman–Crippen LogP) is 1.27. The zero-order valence-electron chi connectivity index (χ0n) is 18.8. The molecule has 2 amide bonds. The van der Waals surface area contributed by atoms with Crippen LogP contribution < -0.4 is 10.6 Å². The van der Waals surface area contributed by atoms with Gasteiger partial charge in [0, 0.05) is 18.9 Å². The summed E-state index contributed by atoms with van der Waals surface area (Å²) in [6.45, 7) is -0.398. The highest BCUT2D eigenvalue weighted by Crippen LogP contribution is 2.44. The number of ether oxygens (including phenoxy) is 1. The number of nitrogens with one attached hydrogen (secondary N) is 2. The normalized spacial score (nSPS) is 12.9. The van der Waals surface area contributed by atoms with Gasteiger partial charge in [0.15, 0.2) is 0 Å². The minimum atomic E-state index is -1.24. The smallest absolute Gasteiger partial charge is 0.407 e. The Balaban J connectivity index is 1.27. The maximum absolute atomic E-state index is 12.3. The number of alkyl carbamates (subject to hydrolysis) is 1. The minimum Gasteiger partial charge on any atom is -0.480 e. The second-order valence-corrected chi connectivity index (χ2v) is 8.06. The molecule has 2 aromatic carbocycles. The van der Waals surface area contributed by atoms with Gasteiger partial charge in [0.25, 0.3) is 0 Å². The summed E-state index contributed by atoms with van der Waals surface area (Å²) in [5, 5.41) is 30.6. The molecule has 35 heavy (non-hydrogen) atoms. The predicted molar refractivity (Wildman–Crippen MR) is 123 cm³/mol. The Morgan fingerprint density at radius 2 is 1.71 bits per heavy atom. The number of carbonyl (C=O) groups is 3. The second kappa shape index (κ2) is 10.8. The first-order chi connectivity index (χ1) is 17.0. The Bertz CT molecular complexity index is 1180. The Kier molecular flexibility index (Phi) is 7.36. The van der Waals surface area contributed by atoms with Crippen molar-refractivity contribution in [3.05, 3.63) is 71.5 Å². The monoisotopic (exact) mass is 479 g/mol. The van der Waals surface area contributed by atoms with Crippen LogP contribution in [0.15, 0.2) is 54.7 Å². The van der Waals surface area contributed by atoms with Crippen molar-refractivity contribution in [2.75, 3.05) is 13.2 Å². The molecule has 0 aliphatic heterocycles. The number of aromatic nitrogens is 3. The van der Waals surface area contributed by atoms with Gasteiger partial charge in [0.1, 0.15) is 24.9 Å². The quantitative estimate of drug-likeness (QED) is 0.339. The van der Waals surface area contributed by atoms with Crippen molar-refractivity contribution in [3.63, 3.8) is 0 Å². The van der Waals surface area contributed by atoms with Crippen molar-refractivity contribution in [2.24, 2.45) is 0 Å². The molecule has 11 nitrogen and oxygen atoms in total. The molecule has 0 fully saturated rings. The molecule has 0 spiro atoms. The Morgan fingerprint density at radius 1 is 1.06 bits per heavy atom. The lowest BCUT2D eigenvalue weighted by Crippen LogP contribution is -2.42. The zero-order valence-corrected chi connectivity index (χ0v) is 18.8. The van der Waals surface area contributed by atoms with Gasteiger partial charge in [-0.2, -0.15) is 0 Å². The lowest BCUT2D eigenvalue weighted by atomic mass is 9.98. The first-order valence-corrected chi connectivity index (χ1v) is 11.1. The van der Waals surface area contributed by atoms with Crippen molar-refractivity contribution < 1.29 is 29.3 Å². The number of aliphatic carboxylic acids is 1. The van der Waals surface area contributed by atoms with Crippen LogP contribution >= 0.6 is 0 Å². The van der Waals surface area contributed by atoms with Gasteiger partial charge in [-0.1, -0.05) is 53.7 Å². The molecule has 182 valence electrons. The number of hydrogen-bond donors (Lipinski definition) is 4. The first-order valence-electron chi connectivity index (χ1n) is 11.1. The van der Waals surface area contributed by atoms with Crippen LogP contribution in [-0.4, -0.2) is 62.4 Å². The maximum atomic E-state index is 12.3. The van der Waals surface area contributed by atoms with E-state index in [0.29, 0.717) is 5.69 Å². The first kappa shape index (κ1) is 23.9. The summed E-state index contributed by atoms with van der Waals surface area (Å²) in [6, 6.07) is 14.9. The number of nitrogens with zero attached hydrogens (tertiary/aromatic N) is 3. The second-order valence-electron chi connectivity index (χ2n) is 8.06. The summed E-state index contributed by atoms with van der Waals surface area (Å²) < 4.78 is 6.70. The van der Waals surface area contributed by atoms with Crippen LogP contribution in [0.2, 0.25) is 0 Å². The number of aliphatic hydroxyl groups excluding tert-OH is 1. The van der Waals surface area contributed by atoms with E-state index in [2.05, 4.69) is 33.1 Å². The molecule has 0 saturated heterocycles. The van der Waals surface area contributed by atoms with E-state index in [0.717, 1.165) is 22.3 Å². The van der Waals surface area contributed by atoms with Gasteiger partial charge in [-0.3, -0.25) is 4.79 Å². The van der Waals surface area contributed by atoms with Crippen molar-refractivity contribution in [3.8, 4) is 11.1 Å². The number of hydrogen-bond acceptors (Lipinski definition) is 7. The van der Waals surface area contributed by atoms with E-state index in [9.17, 15) is 14.4 Å². The number of fused-ring (bicyclic) bond motifs is 3. The van der Waals surface area contributed by atoms with E-state index in [1.807, 2.05) is 36.4 Å². The largest absolute Gasteiger partial charge is 0.480 e. The SMILES string of the molecule is O=C(Cn1cc(CNC(=O)OCC2c3ccccc3-c3ccccc32)nn1)N[C@@H](CCO)C(=O)O. The van der Waals surface area contributed by atoms with Crippen molar-refractivity contribution >= 4 is 18.0 Å². The zero-order chi connectivity index (χ0) is 24.8. The molecule has 1 aliphatic rings. The van der Waals surface area contributed by atoms with E-state index >= 15 is 0 Å². The summed E-state index contributed by atoms with van der Waals surface area (Å²) in [5.74, 6) is -1.88. The average Bonchev–Trinajstić information content (AvgIpc) is 3.43. The molecule has 4 rings (SSSR count). The van der Waals surface area contributed by atoms with Gasteiger partial charge >= 0.3 is 12.1 Å². The third-order valence-corrected chi connectivity index (χ3v) is 5.70. The van der Waals surface area contributed by atoms with Crippen LogP contribution in [0.1, 0.15) is 29.2 Å². The summed E-state index contributed by atoms with van der Waals surface area (Å²) in [7, 11) is 0. The Morgan fingerprint density at radius 3 is 2.34 bits per heavy atom. The molecular weight excluding hydrogens is 454 g/mol. The number of carbonyl (C=O) groups excluding carboxylic acids is 2. The van der Waals surface area contributed by atoms with Gasteiger partial charge in [-0.05, 0) is 22.3 Å². The molecule has 1 aliphatic carbocycles. The third-order valence-electron chi connectivity index (χ3n) is 5.70. The van der Waals surface area contributed by atoms with E-state index in [-0.39, 0.29) is 38.6 Å². The van der Waals surface area contributed by atoms with Crippen LogP contribution in [0.25, 0.3) is 11.1 Å². The molecule has 3 aromatic rings. The summed E-state index contributed by atoms with van der Waals surface area (Å²) in [5.41, 5.74) is 4.92. The van der Waals surface area contributed by atoms with E-state index in [1.165, 1.54) is 10.9 Å². The highest BCUT2D eigenvalue weighted by molar-refractivity contribution is 5.83. The van der Waals surface area contributed by atoms with Crippen LogP contribution in [-0.2, 0) is 27.4 Å². The van der Waals surface area contributed by atoms with Crippen molar-refractivity contribution in [1.82, 2.24) is 25.6 Å². The van der Waals surface area contributed by atoms with Gasteiger partial charge in [0.05, 0.1) is 12.7 Å². The van der Waals surface area contributed by atoms with Gasteiger partial charge in [-0.25, -0.2) is 14.3 Å². The molecule has 11 heteroatoms. The fourth-order valence-corrected chi connectivity index (χ4v) is 4.08. The standard InChI is InChI=1S/C24H25N5O6/c30-10-9-21(23(32)33)26-22(31)13-29-12-15(27-28-29)11-25-24(34)35-14-20-18-7-3-1-5-16(18)17-6-2-4-8-19(17)20/h1-8,12,20-21,30H,9-11,13-14H2,(H,25,34)(H,26,31)(H,32,33)/t21-/m0/s1. The molecule has 1 atom stereocenters. The fourth-order valence-electron chi connectivity index (χ4n) is 4.08. The molecule has 0 bridgehead atoms. The number of benzene rings is 2. The van der Waals surface area contributed by atoms with Gasteiger partial charge < -0.3 is 25.6 Å².